The topological polar surface area (TPSA) is 8.17 Å². The molecule has 0 saturated heterocycles. The second-order valence-electron chi connectivity index (χ2n) is 14.5. The maximum atomic E-state index is 2.42. The van der Waals surface area contributed by atoms with Crippen LogP contribution in [0.2, 0.25) is 0 Å². The predicted molar refractivity (Wildman–Crippen MR) is 245 cm³/mol. The summed E-state index contributed by atoms with van der Waals surface area (Å²) >= 11 is 1.85. The number of thiophene rings is 1. The third kappa shape index (κ3) is 5.71. The van der Waals surface area contributed by atoms with Gasteiger partial charge in [-0.25, -0.2) is 0 Å². The van der Waals surface area contributed by atoms with Crippen molar-refractivity contribution in [1.29, 1.82) is 0 Å². The van der Waals surface area contributed by atoms with Crippen LogP contribution in [-0.2, 0) is 0 Å². The number of hydrogen-bond donors (Lipinski definition) is 0. The lowest BCUT2D eigenvalue weighted by molar-refractivity contribution is 1.18. The Morgan fingerprint density at radius 3 is 1.54 bits per heavy atom. The number of nitrogens with zero attached hydrogens (tertiary/aromatic N) is 2. The summed E-state index contributed by atoms with van der Waals surface area (Å²) in [5.74, 6) is 0. The second kappa shape index (κ2) is 13.8. The molecule has 268 valence electrons. The zero-order valence-electron chi connectivity index (χ0n) is 31.1. The van der Waals surface area contributed by atoms with Gasteiger partial charge in [0.05, 0.1) is 16.7 Å². The van der Waals surface area contributed by atoms with Gasteiger partial charge in [0.1, 0.15) is 0 Å². The Hall–Kier alpha value is -7.20. The first-order valence-corrected chi connectivity index (χ1v) is 20.2. The predicted octanol–water partition coefficient (Wildman–Crippen LogP) is 15.6. The Balaban J connectivity index is 1.09. The molecule has 57 heavy (non-hydrogen) atoms. The summed E-state index contributed by atoms with van der Waals surface area (Å²) in [6, 6.07) is 79.4. The third-order valence-electron chi connectivity index (χ3n) is 11.2. The number of fused-ring (bicyclic) bond motifs is 6. The van der Waals surface area contributed by atoms with Gasteiger partial charge >= 0.3 is 0 Å². The largest absolute Gasteiger partial charge is 0.310 e. The lowest BCUT2D eigenvalue weighted by Gasteiger charge is -2.27. The zero-order chi connectivity index (χ0) is 37.7. The average Bonchev–Trinajstić information content (AvgIpc) is 3.83. The van der Waals surface area contributed by atoms with E-state index >= 15 is 0 Å². The highest BCUT2D eigenvalue weighted by Gasteiger charge is 2.19. The third-order valence-corrected chi connectivity index (χ3v) is 12.4. The number of benzene rings is 9. The maximum Gasteiger partial charge on any atom is 0.0541 e. The van der Waals surface area contributed by atoms with Crippen LogP contribution in [0.15, 0.2) is 218 Å². The maximum absolute atomic E-state index is 2.42. The smallest absolute Gasteiger partial charge is 0.0541 e. The van der Waals surface area contributed by atoms with Crippen molar-refractivity contribution in [3.8, 4) is 39.1 Å². The van der Waals surface area contributed by atoms with Crippen LogP contribution in [0.25, 0.3) is 81.0 Å². The molecule has 0 bridgehead atoms. The molecule has 11 aromatic rings. The van der Waals surface area contributed by atoms with E-state index in [1.54, 1.807) is 0 Å². The first kappa shape index (κ1) is 33.2. The van der Waals surface area contributed by atoms with E-state index < -0.39 is 0 Å². The molecule has 0 atom stereocenters. The van der Waals surface area contributed by atoms with Gasteiger partial charge in [0, 0.05) is 53.6 Å². The summed E-state index contributed by atoms with van der Waals surface area (Å²) in [6.07, 6.45) is 0. The van der Waals surface area contributed by atoms with Crippen LogP contribution in [-0.4, -0.2) is 4.57 Å². The first-order valence-electron chi connectivity index (χ1n) is 19.4. The summed E-state index contributed by atoms with van der Waals surface area (Å²) < 4.78 is 5.02. The Morgan fingerprint density at radius 2 is 0.825 bits per heavy atom. The lowest BCUT2D eigenvalue weighted by atomic mass is 9.93. The fourth-order valence-corrected chi connectivity index (χ4v) is 9.67. The highest BCUT2D eigenvalue weighted by atomic mass is 32.1. The Labute approximate surface area is 335 Å². The van der Waals surface area contributed by atoms with Gasteiger partial charge in [-0.3, -0.25) is 0 Å². The van der Waals surface area contributed by atoms with Crippen molar-refractivity contribution in [2.75, 3.05) is 4.90 Å². The van der Waals surface area contributed by atoms with Gasteiger partial charge in [-0.2, -0.15) is 0 Å². The summed E-state index contributed by atoms with van der Waals surface area (Å²) in [6.45, 7) is 0. The number of hydrogen-bond acceptors (Lipinski definition) is 2. The van der Waals surface area contributed by atoms with E-state index in [9.17, 15) is 0 Å². The van der Waals surface area contributed by atoms with Gasteiger partial charge in [0.2, 0.25) is 0 Å². The normalized spacial score (nSPS) is 11.5. The summed E-state index contributed by atoms with van der Waals surface area (Å²) in [7, 11) is 0. The minimum Gasteiger partial charge on any atom is -0.310 e. The molecular weight excluding hydrogens is 709 g/mol. The van der Waals surface area contributed by atoms with Crippen LogP contribution in [0.1, 0.15) is 0 Å². The van der Waals surface area contributed by atoms with Crippen molar-refractivity contribution in [2.45, 2.75) is 0 Å². The fourth-order valence-electron chi connectivity index (χ4n) is 8.58. The monoisotopic (exact) mass is 744 g/mol. The van der Waals surface area contributed by atoms with Crippen molar-refractivity contribution < 1.29 is 0 Å². The van der Waals surface area contributed by atoms with Gasteiger partial charge in [-0.15, -0.1) is 11.3 Å². The molecule has 0 unspecified atom stereocenters. The molecule has 0 radical (unpaired) electrons. The highest BCUT2D eigenvalue weighted by Crippen LogP contribution is 2.44. The molecule has 0 aliphatic carbocycles. The van der Waals surface area contributed by atoms with Crippen molar-refractivity contribution in [3.63, 3.8) is 0 Å². The molecular formula is C54H36N2S. The van der Waals surface area contributed by atoms with E-state index in [0.29, 0.717) is 0 Å². The summed E-state index contributed by atoms with van der Waals surface area (Å²) in [4.78, 5) is 2.41. The van der Waals surface area contributed by atoms with Crippen molar-refractivity contribution >= 4 is 70.4 Å². The van der Waals surface area contributed by atoms with Crippen LogP contribution in [0.4, 0.5) is 17.1 Å². The molecule has 0 aliphatic heterocycles. The van der Waals surface area contributed by atoms with Crippen LogP contribution in [0.5, 0.6) is 0 Å². The minimum absolute atomic E-state index is 1.10. The minimum atomic E-state index is 1.10. The number of rotatable bonds is 7. The van der Waals surface area contributed by atoms with Crippen molar-refractivity contribution in [3.05, 3.63) is 218 Å². The van der Waals surface area contributed by atoms with Crippen LogP contribution < -0.4 is 4.90 Å². The number of para-hydroxylation sites is 3. The van der Waals surface area contributed by atoms with E-state index in [4.69, 9.17) is 0 Å². The van der Waals surface area contributed by atoms with E-state index in [2.05, 4.69) is 228 Å². The quantitative estimate of drug-likeness (QED) is 0.158. The Morgan fingerprint density at radius 1 is 0.316 bits per heavy atom. The molecule has 0 fully saturated rings. The highest BCUT2D eigenvalue weighted by molar-refractivity contribution is 7.25. The van der Waals surface area contributed by atoms with E-state index in [-0.39, 0.29) is 0 Å². The molecule has 2 heterocycles. The summed E-state index contributed by atoms with van der Waals surface area (Å²) in [5, 5.41) is 5.09. The fraction of sp³-hybridized carbons (Fsp3) is 0. The first-order chi connectivity index (χ1) is 28.3. The molecule has 0 aliphatic rings. The molecule has 0 spiro atoms. The van der Waals surface area contributed by atoms with E-state index in [1.807, 2.05) is 11.3 Å². The van der Waals surface area contributed by atoms with Gasteiger partial charge in [-0.1, -0.05) is 152 Å². The lowest BCUT2D eigenvalue weighted by Crippen LogP contribution is -2.10. The van der Waals surface area contributed by atoms with E-state index in [0.717, 1.165) is 17.1 Å². The van der Waals surface area contributed by atoms with Crippen molar-refractivity contribution in [1.82, 2.24) is 4.57 Å². The number of anilines is 3. The van der Waals surface area contributed by atoms with Gasteiger partial charge < -0.3 is 9.47 Å². The van der Waals surface area contributed by atoms with Gasteiger partial charge in [0.15, 0.2) is 0 Å². The van der Waals surface area contributed by atoms with Crippen LogP contribution in [0, 0.1) is 0 Å². The Bertz CT molecular complexity index is 3180. The molecule has 11 rings (SSSR count). The zero-order valence-corrected chi connectivity index (χ0v) is 31.9. The molecule has 0 N–H and O–H groups in total. The van der Waals surface area contributed by atoms with Crippen LogP contribution in [0.3, 0.4) is 0 Å². The van der Waals surface area contributed by atoms with Crippen molar-refractivity contribution in [2.24, 2.45) is 0 Å². The SMILES string of the molecule is c1ccc(-c2ccc(N(c3ccc(-c4ccccc4-n4c5ccccc5c5ccccc54)cc3)c3ccc4sc5ccccc5c4c3)cc2-c2ccccc2)cc1. The molecule has 0 saturated carbocycles. The van der Waals surface area contributed by atoms with Crippen LogP contribution >= 0.6 is 11.3 Å². The molecule has 3 heteroatoms. The molecule has 9 aromatic carbocycles. The summed E-state index contributed by atoms with van der Waals surface area (Å²) in [5.41, 5.74) is 14.0. The number of aromatic nitrogens is 1. The van der Waals surface area contributed by atoms with E-state index in [1.165, 1.54) is 81.0 Å². The molecule has 2 nitrogen and oxygen atoms in total. The molecule has 2 aromatic heterocycles. The average molecular weight is 745 g/mol. The molecule has 0 amide bonds. The Kier molecular flexibility index (Phi) is 8.04. The standard InChI is InChI=1S/C54H36N2S/c1-3-15-37(16-4-1)43-33-31-41(35-48(43)38-17-5-2-6-18-38)55(42-32-34-54-49(36-42)47-22-10-14-26-53(47)57-54)40-29-27-39(28-30-40)44-19-7-11-23-50(44)56-51-24-12-8-20-45(51)46-21-9-13-25-52(46)56/h1-36H. The van der Waals surface area contributed by atoms with Gasteiger partial charge in [-0.05, 0) is 94.5 Å². The van der Waals surface area contributed by atoms with Gasteiger partial charge in [0.25, 0.3) is 0 Å². The second-order valence-corrected chi connectivity index (χ2v) is 15.6.